The third-order valence-electron chi connectivity index (χ3n) is 1.74. The highest BCUT2D eigenvalue weighted by atomic mass is 19.4. The van der Waals surface area contributed by atoms with Crippen molar-refractivity contribution in [3.63, 3.8) is 0 Å². The second-order valence-electron chi connectivity index (χ2n) is 2.97. The van der Waals surface area contributed by atoms with E-state index in [0.29, 0.717) is 6.54 Å². The summed E-state index contributed by atoms with van der Waals surface area (Å²) in [6, 6.07) is 5.81. The zero-order chi connectivity index (χ0) is 11.3. The van der Waals surface area contributed by atoms with Crippen molar-refractivity contribution in [1.82, 2.24) is 5.32 Å². The molecule has 84 valence electrons. The average molecular weight is 219 g/mol. The Morgan fingerprint density at radius 1 is 1.20 bits per heavy atom. The molecule has 0 bridgehead atoms. The molecule has 2 nitrogen and oxygen atoms in total. The highest BCUT2D eigenvalue weighted by Gasteiger charge is 2.30. The molecular weight excluding hydrogens is 207 g/mol. The molecule has 1 rings (SSSR count). The maximum Gasteiger partial charge on any atom is 0.573 e. The zero-order valence-electron chi connectivity index (χ0n) is 8.27. The molecule has 0 atom stereocenters. The van der Waals surface area contributed by atoms with E-state index in [4.69, 9.17) is 0 Å². The van der Waals surface area contributed by atoms with Gasteiger partial charge in [-0.05, 0) is 24.2 Å². The van der Waals surface area contributed by atoms with Crippen LogP contribution in [0.3, 0.4) is 0 Å². The van der Waals surface area contributed by atoms with Crippen LogP contribution in [-0.4, -0.2) is 12.9 Å². The lowest BCUT2D eigenvalue weighted by atomic mass is 10.2. The predicted molar refractivity (Wildman–Crippen MR) is 50.5 cm³/mol. The van der Waals surface area contributed by atoms with Gasteiger partial charge in [-0.3, -0.25) is 0 Å². The molecule has 0 unspecified atom stereocenters. The molecule has 0 saturated carbocycles. The largest absolute Gasteiger partial charge is 0.573 e. The van der Waals surface area contributed by atoms with Gasteiger partial charge in [0.05, 0.1) is 0 Å². The molecule has 0 aliphatic carbocycles. The number of ether oxygens (including phenoxy) is 1. The van der Waals surface area contributed by atoms with Crippen LogP contribution >= 0.6 is 0 Å². The molecule has 0 radical (unpaired) electrons. The molecule has 0 aliphatic rings. The van der Waals surface area contributed by atoms with Gasteiger partial charge in [-0.15, -0.1) is 13.2 Å². The van der Waals surface area contributed by atoms with E-state index in [1.807, 2.05) is 6.92 Å². The molecule has 0 fully saturated rings. The smallest absolute Gasteiger partial charge is 0.406 e. The number of benzene rings is 1. The maximum absolute atomic E-state index is 11.8. The molecule has 1 aromatic carbocycles. The maximum atomic E-state index is 11.8. The third-order valence-corrected chi connectivity index (χ3v) is 1.74. The van der Waals surface area contributed by atoms with E-state index < -0.39 is 6.36 Å². The number of rotatable bonds is 4. The van der Waals surface area contributed by atoms with Crippen molar-refractivity contribution < 1.29 is 17.9 Å². The normalized spacial score (nSPS) is 11.5. The number of hydrogen-bond donors (Lipinski definition) is 1. The molecule has 0 aromatic heterocycles. The fourth-order valence-electron chi connectivity index (χ4n) is 1.08. The molecule has 0 heterocycles. The summed E-state index contributed by atoms with van der Waals surface area (Å²) in [6.45, 7) is 3.42. The van der Waals surface area contributed by atoms with Crippen molar-refractivity contribution in [1.29, 1.82) is 0 Å². The Morgan fingerprint density at radius 3 is 2.27 bits per heavy atom. The molecule has 15 heavy (non-hydrogen) atoms. The monoisotopic (exact) mass is 219 g/mol. The third kappa shape index (κ3) is 4.69. The summed E-state index contributed by atoms with van der Waals surface area (Å²) in [4.78, 5) is 0. The van der Waals surface area contributed by atoms with Crippen LogP contribution in [0.1, 0.15) is 12.5 Å². The molecule has 1 N–H and O–H groups in total. The second kappa shape index (κ2) is 5.02. The van der Waals surface area contributed by atoms with Crippen LogP contribution in [0.4, 0.5) is 13.2 Å². The summed E-state index contributed by atoms with van der Waals surface area (Å²) < 4.78 is 39.2. The van der Waals surface area contributed by atoms with Crippen LogP contribution in [0.25, 0.3) is 0 Å². The van der Waals surface area contributed by atoms with Gasteiger partial charge in [0.25, 0.3) is 0 Å². The van der Waals surface area contributed by atoms with Crippen LogP contribution in [0.2, 0.25) is 0 Å². The average Bonchev–Trinajstić information content (AvgIpc) is 2.14. The Morgan fingerprint density at radius 2 is 1.80 bits per heavy atom. The van der Waals surface area contributed by atoms with Crippen molar-refractivity contribution in [2.24, 2.45) is 0 Å². The van der Waals surface area contributed by atoms with E-state index in [-0.39, 0.29) is 5.75 Å². The van der Waals surface area contributed by atoms with Crippen LogP contribution in [-0.2, 0) is 6.54 Å². The fourth-order valence-corrected chi connectivity index (χ4v) is 1.08. The van der Waals surface area contributed by atoms with Crippen LogP contribution in [0.5, 0.6) is 5.75 Å². The Hall–Kier alpha value is -1.23. The molecular formula is C10H12F3NO. The number of hydrogen-bond acceptors (Lipinski definition) is 2. The highest BCUT2D eigenvalue weighted by Crippen LogP contribution is 2.22. The van der Waals surface area contributed by atoms with Gasteiger partial charge in [0.15, 0.2) is 0 Å². The van der Waals surface area contributed by atoms with Gasteiger partial charge in [0, 0.05) is 6.54 Å². The quantitative estimate of drug-likeness (QED) is 0.840. The van der Waals surface area contributed by atoms with Crippen molar-refractivity contribution in [3.8, 4) is 5.75 Å². The van der Waals surface area contributed by atoms with Crippen LogP contribution in [0.15, 0.2) is 24.3 Å². The zero-order valence-corrected chi connectivity index (χ0v) is 8.27. The Labute approximate surface area is 86.1 Å². The summed E-state index contributed by atoms with van der Waals surface area (Å²) in [5.41, 5.74) is 0.923. The van der Waals surface area contributed by atoms with Gasteiger partial charge in [-0.25, -0.2) is 0 Å². The summed E-state index contributed by atoms with van der Waals surface area (Å²) in [5, 5.41) is 3.07. The van der Waals surface area contributed by atoms with Gasteiger partial charge >= 0.3 is 6.36 Å². The fraction of sp³-hybridized carbons (Fsp3) is 0.400. The van der Waals surface area contributed by atoms with E-state index in [2.05, 4.69) is 10.1 Å². The van der Waals surface area contributed by atoms with E-state index in [1.165, 1.54) is 12.1 Å². The first-order valence-electron chi connectivity index (χ1n) is 4.56. The van der Waals surface area contributed by atoms with Gasteiger partial charge in [-0.2, -0.15) is 0 Å². The van der Waals surface area contributed by atoms with E-state index >= 15 is 0 Å². The van der Waals surface area contributed by atoms with Crippen LogP contribution < -0.4 is 10.1 Å². The molecule has 0 aliphatic heterocycles. The molecule has 1 aromatic rings. The number of alkyl halides is 3. The summed E-state index contributed by atoms with van der Waals surface area (Å²) >= 11 is 0. The standard InChI is InChI=1S/C10H12F3NO/c1-2-14-7-8-3-5-9(6-4-8)15-10(11,12)13/h3-6,14H,2,7H2,1H3. The first kappa shape index (κ1) is 11.8. The predicted octanol–water partition coefficient (Wildman–Crippen LogP) is 2.69. The molecule has 0 amide bonds. The van der Waals surface area contributed by atoms with Gasteiger partial charge in [-0.1, -0.05) is 19.1 Å². The summed E-state index contributed by atoms with van der Waals surface area (Å²) in [6.07, 6.45) is -4.62. The van der Waals surface area contributed by atoms with Crippen molar-refractivity contribution in [2.45, 2.75) is 19.8 Å². The number of nitrogens with one attached hydrogen (secondary N) is 1. The van der Waals surface area contributed by atoms with E-state index in [1.54, 1.807) is 12.1 Å². The number of halogens is 3. The SMILES string of the molecule is CCNCc1ccc(OC(F)(F)F)cc1. The first-order valence-corrected chi connectivity index (χ1v) is 4.56. The highest BCUT2D eigenvalue weighted by molar-refractivity contribution is 5.27. The Kier molecular flexibility index (Phi) is 3.96. The lowest BCUT2D eigenvalue weighted by Crippen LogP contribution is -2.17. The molecule has 5 heteroatoms. The lowest BCUT2D eigenvalue weighted by molar-refractivity contribution is -0.274. The van der Waals surface area contributed by atoms with Crippen molar-refractivity contribution in [2.75, 3.05) is 6.54 Å². The minimum atomic E-state index is -4.62. The molecule has 0 spiro atoms. The van der Waals surface area contributed by atoms with E-state index in [9.17, 15) is 13.2 Å². The lowest BCUT2D eigenvalue weighted by Gasteiger charge is -2.09. The topological polar surface area (TPSA) is 21.3 Å². The minimum absolute atomic E-state index is 0.192. The minimum Gasteiger partial charge on any atom is -0.406 e. The van der Waals surface area contributed by atoms with Gasteiger partial charge < -0.3 is 10.1 Å². The van der Waals surface area contributed by atoms with E-state index in [0.717, 1.165) is 12.1 Å². The van der Waals surface area contributed by atoms with Gasteiger partial charge in [0.1, 0.15) is 5.75 Å². The Balaban J connectivity index is 2.56. The molecule has 0 saturated heterocycles. The van der Waals surface area contributed by atoms with Gasteiger partial charge in [0.2, 0.25) is 0 Å². The van der Waals surface area contributed by atoms with Crippen molar-refractivity contribution >= 4 is 0 Å². The summed E-state index contributed by atoms with van der Waals surface area (Å²) in [7, 11) is 0. The first-order chi connectivity index (χ1) is 7.01. The van der Waals surface area contributed by atoms with Crippen molar-refractivity contribution in [3.05, 3.63) is 29.8 Å². The van der Waals surface area contributed by atoms with Crippen LogP contribution in [0, 0.1) is 0 Å². The summed E-state index contributed by atoms with van der Waals surface area (Å²) in [5.74, 6) is -0.192. The second-order valence-corrected chi connectivity index (χ2v) is 2.97. The Bertz CT molecular complexity index is 295.